The fourth-order valence-corrected chi connectivity index (χ4v) is 2.97. The first-order valence-corrected chi connectivity index (χ1v) is 8.70. The maximum atomic E-state index is 11.7. The van der Waals surface area contributed by atoms with E-state index in [1.54, 1.807) is 0 Å². The van der Waals surface area contributed by atoms with Crippen LogP contribution in [0.3, 0.4) is 0 Å². The van der Waals surface area contributed by atoms with E-state index in [-0.39, 0.29) is 5.91 Å². The van der Waals surface area contributed by atoms with Crippen LogP contribution >= 0.6 is 15.9 Å². The zero-order valence-electron chi connectivity index (χ0n) is 12.9. The van der Waals surface area contributed by atoms with E-state index in [0.717, 1.165) is 44.0 Å². The number of carbonyl (C=O) groups is 1. The Hall–Kier alpha value is -1.07. The monoisotopic (exact) mass is 353 g/mol. The molecular formula is C16H24BrN3O. The minimum Gasteiger partial charge on any atom is -0.369 e. The van der Waals surface area contributed by atoms with Crippen molar-refractivity contribution in [3.8, 4) is 0 Å². The van der Waals surface area contributed by atoms with Gasteiger partial charge in [0.05, 0.1) is 0 Å². The summed E-state index contributed by atoms with van der Waals surface area (Å²) >= 11 is 3.28. The number of likely N-dealkylation sites (N-methyl/N-ethyl adjacent to an activating group) is 1. The average molecular weight is 354 g/mol. The van der Waals surface area contributed by atoms with Crippen molar-refractivity contribution in [3.05, 3.63) is 23.8 Å². The molecule has 1 aliphatic rings. The summed E-state index contributed by atoms with van der Waals surface area (Å²) in [7, 11) is 0. The average Bonchev–Trinajstić information content (AvgIpc) is 2.50. The Morgan fingerprint density at radius 3 is 2.57 bits per heavy atom. The van der Waals surface area contributed by atoms with Crippen molar-refractivity contribution < 1.29 is 4.79 Å². The first kappa shape index (κ1) is 16.3. The summed E-state index contributed by atoms with van der Waals surface area (Å²) in [6, 6.07) is 6.30. The van der Waals surface area contributed by atoms with Gasteiger partial charge in [0.1, 0.15) is 0 Å². The molecule has 0 saturated carbocycles. The number of piperazine rings is 1. The molecule has 1 N–H and O–H groups in total. The van der Waals surface area contributed by atoms with Gasteiger partial charge in [0.15, 0.2) is 0 Å². The normalized spacial score (nSPS) is 16.0. The van der Waals surface area contributed by atoms with Crippen molar-refractivity contribution in [2.24, 2.45) is 0 Å². The van der Waals surface area contributed by atoms with Crippen LogP contribution < -0.4 is 10.2 Å². The van der Waals surface area contributed by atoms with Crippen molar-refractivity contribution in [1.82, 2.24) is 4.90 Å². The number of nitrogens with zero attached hydrogens (tertiary/aromatic N) is 2. The molecule has 0 aliphatic carbocycles. The van der Waals surface area contributed by atoms with Crippen molar-refractivity contribution in [2.45, 2.75) is 20.3 Å². The van der Waals surface area contributed by atoms with Crippen LogP contribution in [0, 0.1) is 6.92 Å². The highest BCUT2D eigenvalue weighted by Crippen LogP contribution is 2.24. The molecule has 5 heteroatoms. The summed E-state index contributed by atoms with van der Waals surface area (Å²) in [6.45, 7) is 9.79. The van der Waals surface area contributed by atoms with Crippen molar-refractivity contribution in [3.63, 3.8) is 0 Å². The van der Waals surface area contributed by atoms with Gasteiger partial charge in [-0.25, -0.2) is 0 Å². The van der Waals surface area contributed by atoms with E-state index in [2.05, 4.69) is 57.0 Å². The quantitative estimate of drug-likeness (QED) is 0.826. The number of benzene rings is 1. The Balaban J connectivity index is 2.00. The molecule has 1 fully saturated rings. The third kappa shape index (κ3) is 4.45. The molecule has 1 aromatic carbocycles. The maximum absolute atomic E-state index is 11.7. The highest BCUT2D eigenvalue weighted by atomic mass is 79.9. The van der Waals surface area contributed by atoms with Crippen molar-refractivity contribution in [1.29, 1.82) is 0 Å². The highest BCUT2D eigenvalue weighted by Gasteiger charge is 2.16. The largest absolute Gasteiger partial charge is 0.369 e. The molecule has 1 saturated heterocycles. The van der Waals surface area contributed by atoms with E-state index < -0.39 is 0 Å². The van der Waals surface area contributed by atoms with E-state index in [4.69, 9.17) is 0 Å². The first-order valence-electron chi connectivity index (χ1n) is 7.57. The second-order valence-corrected chi connectivity index (χ2v) is 6.20. The SMILES string of the molecule is CCN1CCN(c2ccc(NC(=O)CCBr)c(C)c2)CC1. The van der Waals surface area contributed by atoms with Gasteiger partial charge in [-0.3, -0.25) is 4.79 Å². The number of rotatable bonds is 5. The molecule has 0 bridgehead atoms. The number of hydrogen-bond donors (Lipinski definition) is 1. The van der Waals surface area contributed by atoms with E-state index in [0.29, 0.717) is 11.8 Å². The minimum atomic E-state index is 0.0549. The van der Waals surface area contributed by atoms with E-state index >= 15 is 0 Å². The molecule has 1 aromatic rings. The van der Waals surface area contributed by atoms with Crippen LogP contribution in [0.5, 0.6) is 0 Å². The lowest BCUT2D eigenvalue weighted by atomic mass is 10.1. The van der Waals surface area contributed by atoms with Gasteiger partial charge in [-0.1, -0.05) is 22.9 Å². The molecule has 1 aliphatic heterocycles. The molecule has 1 heterocycles. The minimum absolute atomic E-state index is 0.0549. The molecular weight excluding hydrogens is 330 g/mol. The smallest absolute Gasteiger partial charge is 0.225 e. The van der Waals surface area contributed by atoms with Gasteiger partial charge in [0, 0.05) is 49.3 Å². The molecule has 21 heavy (non-hydrogen) atoms. The van der Waals surface area contributed by atoms with E-state index in [9.17, 15) is 4.79 Å². The zero-order valence-corrected chi connectivity index (χ0v) is 14.4. The van der Waals surface area contributed by atoms with Gasteiger partial charge in [0.2, 0.25) is 5.91 Å². The number of carbonyl (C=O) groups excluding carboxylic acids is 1. The standard InChI is InChI=1S/C16H24BrN3O/c1-3-19-8-10-20(11-9-19)14-4-5-15(13(2)12-14)18-16(21)6-7-17/h4-5,12H,3,6-11H2,1-2H3,(H,18,21). The van der Waals surface area contributed by atoms with Crippen molar-refractivity contribution >= 4 is 33.2 Å². The Labute approximate surface area is 135 Å². The second-order valence-electron chi connectivity index (χ2n) is 5.41. The third-order valence-corrected chi connectivity index (χ3v) is 4.39. The summed E-state index contributed by atoms with van der Waals surface area (Å²) < 4.78 is 0. The molecule has 0 atom stereocenters. The summed E-state index contributed by atoms with van der Waals surface area (Å²) in [6.07, 6.45) is 0.500. The number of anilines is 2. The van der Waals surface area contributed by atoms with Crippen LogP contribution in [0.2, 0.25) is 0 Å². The lowest BCUT2D eigenvalue weighted by Gasteiger charge is -2.35. The summed E-state index contributed by atoms with van der Waals surface area (Å²) in [5.41, 5.74) is 3.28. The third-order valence-electron chi connectivity index (χ3n) is 3.99. The van der Waals surface area contributed by atoms with Gasteiger partial charge in [-0.15, -0.1) is 0 Å². The topological polar surface area (TPSA) is 35.6 Å². The zero-order chi connectivity index (χ0) is 15.2. The summed E-state index contributed by atoms with van der Waals surface area (Å²) in [5.74, 6) is 0.0549. The number of hydrogen-bond acceptors (Lipinski definition) is 3. The van der Waals surface area contributed by atoms with Gasteiger partial charge in [-0.05, 0) is 37.2 Å². The Morgan fingerprint density at radius 1 is 1.29 bits per heavy atom. The number of aryl methyl sites for hydroxylation is 1. The fraction of sp³-hybridized carbons (Fsp3) is 0.562. The first-order chi connectivity index (χ1) is 10.1. The molecule has 0 radical (unpaired) electrons. The van der Waals surface area contributed by atoms with Gasteiger partial charge >= 0.3 is 0 Å². The lowest BCUT2D eigenvalue weighted by molar-refractivity contribution is -0.115. The van der Waals surface area contributed by atoms with Gasteiger partial charge in [0.25, 0.3) is 0 Å². The molecule has 1 amide bonds. The van der Waals surface area contributed by atoms with Crippen LogP contribution in [-0.2, 0) is 4.79 Å². The number of alkyl halides is 1. The van der Waals surface area contributed by atoms with E-state index in [1.165, 1.54) is 5.69 Å². The van der Waals surface area contributed by atoms with Gasteiger partial charge in [-0.2, -0.15) is 0 Å². The summed E-state index contributed by atoms with van der Waals surface area (Å²) in [4.78, 5) is 16.6. The predicted octanol–water partition coefficient (Wildman–Crippen LogP) is 2.86. The second kappa shape index (κ2) is 7.80. The van der Waals surface area contributed by atoms with Crippen LogP contribution in [0.15, 0.2) is 18.2 Å². The highest BCUT2D eigenvalue weighted by molar-refractivity contribution is 9.09. The molecule has 2 rings (SSSR count). The van der Waals surface area contributed by atoms with Crippen LogP contribution in [0.25, 0.3) is 0 Å². The number of halogens is 1. The van der Waals surface area contributed by atoms with Crippen LogP contribution in [0.1, 0.15) is 18.9 Å². The Bertz CT molecular complexity index is 484. The predicted molar refractivity (Wildman–Crippen MR) is 92.5 cm³/mol. The molecule has 4 nitrogen and oxygen atoms in total. The molecule has 0 unspecified atom stereocenters. The lowest BCUT2D eigenvalue weighted by Crippen LogP contribution is -2.46. The fourth-order valence-electron chi connectivity index (χ4n) is 2.61. The van der Waals surface area contributed by atoms with Crippen LogP contribution in [0.4, 0.5) is 11.4 Å². The van der Waals surface area contributed by atoms with Crippen molar-refractivity contribution in [2.75, 3.05) is 48.3 Å². The molecule has 0 aromatic heterocycles. The number of nitrogens with one attached hydrogen (secondary N) is 1. The maximum Gasteiger partial charge on any atom is 0.225 e. The Morgan fingerprint density at radius 2 is 2.00 bits per heavy atom. The number of amides is 1. The van der Waals surface area contributed by atoms with E-state index in [1.807, 2.05) is 6.07 Å². The Kier molecular flexibility index (Phi) is 6.06. The van der Waals surface area contributed by atoms with Crippen LogP contribution in [-0.4, -0.2) is 48.9 Å². The molecule has 0 spiro atoms. The molecule has 116 valence electrons. The van der Waals surface area contributed by atoms with Gasteiger partial charge < -0.3 is 15.1 Å². The summed E-state index contributed by atoms with van der Waals surface area (Å²) in [5, 5.41) is 3.65.